The number of carbonyl (C=O) groups is 5. The smallest absolute Gasteiger partial charge is 0.326 e. The Hall–Kier alpha value is -3.63. The van der Waals surface area contributed by atoms with Gasteiger partial charge < -0.3 is 31.1 Å². The summed E-state index contributed by atoms with van der Waals surface area (Å²) >= 11 is 0. The van der Waals surface area contributed by atoms with Gasteiger partial charge in [0.25, 0.3) is 5.91 Å². The maximum absolute atomic E-state index is 12.8. The molecule has 0 saturated carbocycles. The van der Waals surface area contributed by atoms with Crippen molar-refractivity contribution >= 4 is 29.6 Å². The highest BCUT2D eigenvalue weighted by Crippen LogP contribution is 2.19. The second-order valence-electron chi connectivity index (χ2n) is 8.64. The number of carbonyl (C=O) groups excluding carboxylic acids is 4. The molecule has 5 N–H and O–H groups in total. The zero-order chi connectivity index (χ0) is 25.4. The Morgan fingerprint density at radius 1 is 1.00 bits per heavy atom. The van der Waals surface area contributed by atoms with Crippen LogP contribution in [0.4, 0.5) is 0 Å². The molecule has 34 heavy (non-hydrogen) atoms. The van der Waals surface area contributed by atoms with Crippen molar-refractivity contribution < 1.29 is 33.8 Å². The van der Waals surface area contributed by atoms with E-state index in [0.717, 1.165) is 0 Å². The van der Waals surface area contributed by atoms with Gasteiger partial charge in [-0.1, -0.05) is 26.0 Å². The minimum Gasteiger partial charge on any atom is -0.491 e. The van der Waals surface area contributed by atoms with Crippen molar-refractivity contribution in [3.8, 4) is 5.75 Å². The van der Waals surface area contributed by atoms with E-state index in [2.05, 4.69) is 21.3 Å². The van der Waals surface area contributed by atoms with E-state index in [9.17, 15) is 29.1 Å². The molecule has 0 aromatic heterocycles. The lowest BCUT2D eigenvalue weighted by Crippen LogP contribution is -2.56. The van der Waals surface area contributed by atoms with Gasteiger partial charge in [-0.15, -0.1) is 0 Å². The average molecular weight is 477 g/mol. The van der Waals surface area contributed by atoms with Crippen molar-refractivity contribution in [3.05, 3.63) is 29.8 Å². The van der Waals surface area contributed by atoms with E-state index in [1.54, 1.807) is 39.0 Å². The van der Waals surface area contributed by atoms with Crippen molar-refractivity contribution in [3.63, 3.8) is 0 Å². The van der Waals surface area contributed by atoms with E-state index < -0.39 is 53.8 Å². The SMILES string of the molecule is CC(C)[C@H]1NC(=O)[C@H](C)NC(=O)CC[C@@H](C(=O)O)NC(=O)c2ccccc2OC[C@H](C)NC1=O. The van der Waals surface area contributed by atoms with Gasteiger partial charge in [-0.2, -0.15) is 0 Å². The van der Waals surface area contributed by atoms with Crippen LogP contribution in [-0.2, 0) is 19.2 Å². The van der Waals surface area contributed by atoms with E-state index >= 15 is 0 Å². The average Bonchev–Trinajstić information content (AvgIpc) is 2.77. The molecule has 0 radical (unpaired) electrons. The molecular formula is C23H32N4O7. The molecule has 0 fully saturated rings. The number of hydrogen-bond acceptors (Lipinski definition) is 6. The Labute approximate surface area is 198 Å². The summed E-state index contributed by atoms with van der Waals surface area (Å²) in [4.78, 5) is 62.1. The maximum Gasteiger partial charge on any atom is 0.326 e. The van der Waals surface area contributed by atoms with Crippen LogP contribution < -0.4 is 26.0 Å². The van der Waals surface area contributed by atoms with Crippen molar-refractivity contribution in [1.29, 1.82) is 0 Å². The number of hydrogen-bond donors (Lipinski definition) is 5. The number of rotatable bonds is 2. The van der Waals surface area contributed by atoms with Crippen LogP contribution in [0.25, 0.3) is 0 Å². The van der Waals surface area contributed by atoms with Crippen LogP contribution >= 0.6 is 0 Å². The minimum atomic E-state index is -1.32. The van der Waals surface area contributed by atoms with Gasteiger partial charge in [0.2, 0.25) is 17.7 Å². The van der Waals surface area contributed by atoms with Crippen molar-refractivity contribution in [2.75, 3.05) is 6.61 Å². The van der Waals surface area contributed by atoms with Gasteiger partial charge in [0.05, 0.1) is 11.6 Å². The molecule has 4 amide bonds. The van der Waals surface area contributed by atoms with Crippen molar-refractivity contribution in [1.82, 2.24) is 21.3 Å². The fourth-order valence-electron chi connectivity index (χ4n) is 3.33. The lowest BCUT2D eigenvalue weighted by atomic mass is 10.0. The zero-order valence-corrected chi connectivity index (χ0v) is 19.7. The highest BCUT2D eigenvalue weighted by Gasteiger charge is 2.29. The van der Waals surface area contributed by atoms with E-state index in [1.165, 1.54) is 13.0 Å². The normalized spacial score (nSPS) is 25.4. The van der Waals surface area contributed by atoms with Gasteiger partial charge in [0.15, 0.2) is 0 Å². The number of amides is 4. The number of carboxylic acid groups (broad SMARTS) is 1. The number of aliphatic carboxylic acids is 1. The molecular weight excluding hydrogens is 444 g/mol. The van der Waals surface area contributed by atoms with Gasteiger partial charge in [0.1, 0.15) is 30.5 Å². The lowest BCUT2D eigenvalue weighted by molar-refractivity contribution is -0.139. The summed E-state index contributed by atoms with van der Waals surface area (Å²) < 4.78 is 5.74. The molecule has 1 aromatic rings. The van der Waals surface area contributed by atoms with Crippen LogP contribution in [0.15, 0.2) is 24.3 Å². The van der Waals surface area contributed by atoms with E-state index in [-0.39, 0.29) is 36.7 Å². The molecule has 1 aliphatic rings. The fraction of sp³-hybridized carbons (Fsp3) is 0.522. The van der Waals surface area contributed by atoms with Crippen LogP contribution in [0.1, 0.15) is 50.9 Å². The van der Waals surface area contributed by atoms with Crippen molar-refractivity contribution in [2.45, 2.75) is 64.7 Å². The monoisotopic (exact) mass is 476 g/mol. The van der Waals surface area contributed by atoms with Crippen LogP contribution in [0, 0.1) is 5.92 Å². The van der Waals surface area contributed by atoms with E-state index in [4.69, 9.17) is 4.74 Å². The third-order valence-electron chi connectivity index (χ3n) is 5.29. The Kier molecular flexibility index (Phi) is 9.40. The molecule has 11 heteroatoms. The van der Waals surface area contributed by atoms with Gasteiger partial charge in [-0.25, -0.2) is 4.79 Å². The lowest BCUT2D eigenvalue weighted by Gasteiger charge is -2.26. The first-order valence-corrected chi connectivity index (χ1v) is 11.1. The highest BCUT2D eigenvalue weighted by atomic mass is 16.5. The molecule has 2 rings (SSSR count). The summed E-state index contributed by atoms with van der Waals surface area (Å²) in [5, 5.41) is 19.8. The summed E-state index contributed by atoms with van der Waals surface area (Å²) in [6.07, 6.45) is -0.420. The molecule has 186 valence electrons. The number of para-hydroxylation sites is 1. The molecule has 11 nitrogen and oxygen atoms in total. The molecule has 0 bridgehead atoms. The number of carboxylic acids is 1. The Balaban J connectivity index is 2.32. The van der Waals surface area contributed by atoms with Crippen LogP contribution in [0.5, 0.6) is 5.75 Å². The van der Waals surface area contributed by atoms with Gasteiger partial charge in [0, 0.05) is 6.42 Å². The highest BCUT2D eigenvalue weighted by molar-refractivity contribution is 5.99. The second kappa shape index (κ2) is 12.0. The maximum atomic E-state index is 12.8. The summed E-state index contributed by atoms with van der Waals surface area (Å²) in [6.45, 7) is 6.76. The zero-order valence-electron chi connectivity index (χ0n) is 19.7. The standard InChI is InChI=1S/C23H32N4O7/c1-12(2)19-22(31)24-13(3)11-34-17-8-6-5-7-15(17)21(30)26-16(23(32)33)9-10-18(28)25-14(4)20(29)27-19/h5-8,12-14,16,19H,9-11H2,1-4H3,(H,24,31)(H,25,28)(H,26,30)(H,27,29)(H,32,33)/t13-,14-,16-,19+/m0/s1. The fourth-order valence-corrected chi connectivity index (χ4v) is 3.33. The number of benzene rings is 1. The first-order chi connectivity index (χ1) is 16.0. The summed E-state index contributed by atoms with van der Waals surface area (Å²) in [7, 11) is 0. The topological polar surface area (TPSA) is 163 Å². The predicted molar refractivity (Wildman–Crippen MR) is 122 cm³/mol. The number of ether oxygens (including phenoxy) is 1. The van der Waals surface area contributed by atoms with Gasteiger partial charge >= 0.3 is 5.97 Å². The van der Waals surface area contributed by atoms with Gasteiger partial charge in [-0.3, -0.25) is 19.2 Å². The summed E-state index contributed by atoms with van der Waals surface area (Å²) in [6, 6.07) is 2.73. The Morgan fingerprint density at radius 2 is 1.68 bits per heavy atom. The molecule has 0 aliphatic carbocycles. The first kappa shape index (κ1) is 26.6. The number of nitrogens with one attached hydrogen (secondary N) is 4. The largest absolute Gasteiger partial charge is 0.491 e. The molecule has 1 aliphatic heterocycles. The minimum absolute atomic E-state index is 0.0314. The molecule has 1 aromatic carbocycles. The van der Waals surface area contributed by atoms with Gasteiger partial charge in [-0.05, 0) is 38.3 Å². The molecule has 0 unspecified atom stereocenters. The molecule has 0 saturated heterocycles. The third-order valence-corrected chi connectivity index (χ3v) is 5.29. The second-order valence-corrected chi connectivity index (χ2v) is 8.64. The molecule has 1 heterocycles. The van der Waals surface area contributed by atoms with Crippen LogP contribution in [-0.4, -0.2) is 65.5 Å². The Bertz CT molecular complexity index is 934. The first-order valence-electron chi connectivity index (χ1n) is 11.1. The predicted octanol–water partition coefficient (Wildman–Crippen LogP) is 0.192. The van der Waals surface area contributed by atoms with Crippen molar-refractivity contribution in [2.24, 2.45) is 5.92 Å². The van der Waals surface area contributed by atoms with Crippen LogP contribution in [0.2, 0.25) is 0 Å². The Morgan fingerprint density at radius 3 is 2.32 bits per heavy atom. The van der Waals surface area contributed by atoms with E-state index in [0.29, 0.717) is 0 Å². The third kappa shape index (κ3) is 7.46. The quantitative estimate of drug-likeness (QED) is 0.407. The summed E-state index contributed by atoms with van der Waals surface area (Å²) in [5.41, 5.74) is 0.124. The molecule has 0 spiro atoms. The number of fused-ring (bicyclic) bond motifs is 1. The van der Waals surface area contributed by atoms with Crippen LogP contribution in [0.3, 0.4) is 0 Å². The molecule has 4 atom stereocenters. The summed E-state index contributed by atoms with van der Waals surface area (Å²) in [5.74, 6) is -3.51. The van der Waals surface area contributed by atoms with E-state index in [1.807, 2.05) is 0 Å².